The normalized spacial score (nSPS) is 14.1. The summed E-state index contributed by atoms with van der Waals surface area (Å²) in [6, 6.07) is 5.30. The molecule has 1 amide bonds. The first-order valence-corrected chi connectivity index (χ1v) is 6.74. The standard InChI is InChI=1S/C15H21N3O/c1-17-15(19)12-6-7-13(16)14(10-12)18-9-8-11-4-2-3-5-11/h4,6-7,10,18H,2-3,5,8-9,16H2,1H3,(H,17,19). The Labute approximate surface area is 114 Å². The molecule has 4 N–H and O–H groups in total. The van der Waals surface area contributed by atoms with Gasteiger partial charge in [-0.15, -0.1) is 0 Å². The van der Waals surface area contributed by atoms with Gasteiger partial charge in [-0.25, -0.2) is 0 Å². The van der Waals surface area contributed by atoms with Crippen LogP contribution in [-0.2, 0) is 0 Å². The molecule has 1 aromatic carbocycles. The number of nitrogens with one attached hydrogen (secondary N) is 2. The lowest BCUT2D eigenvalue weighted by atomic mass is 10.1. The van der Waals surface area contributed by atoms with E-state index in [0.29, 0.717) is 11.3 Å². The van der Waals surface area contributed by atoms with Crippen LogP contribution in [0.25, 0.3) is 0 Å². The molecular formula is C15H21N3O. The number of allylic oxidation sites excluding steroid dienone is 1. The van der Waals surface area contributed by atoms with E-state index in [4.69, 9.17) is 5.73 Å². The van der Waals surface area contributed by atoms with Crippen LogP contribution in [0.2, 0.25) is 0 Å². The van der Waals surface area contributed by atoms with Gasteiger partial charge in [-0.3, -0.25) is 4.79 Å². The Morgan fingerprint density at radius 2 is 2.26 bits per heavy atom. The highest BCUT2D eigenvalue weighted by molar-refractivity contribution is 5.96. The molecule has 0 heterocycles. The number of nitrogen functional groups attached to an aromatic ring is 1. The molecule has 1 aromatic rings. The Hall–Kier alpha value is -1.97. The van der Waals surface area contributed by atoms with Crippen molar-refractivity contribution in [1.82, 2.24) is 5.32 Å². The highest BCUT2D eigenvalue weighted by Gasteiger charge is 2.08. The quantitative estimate of drug-likeness (QED) is 0.562. The van der Waals surface area contributed by atoms with E-state index >= 15 is 0 Å². The lowest BCUT2D eigenvalue weighted by molar-refractivity contribution is 0.0963. The van der Waals surface area contributed by atoms with Crippen LogP contribution < -0.4 is 16.4 Å². The number of carbonyl (C=O) groups excluding carboxylic acids is 1. The predicted octanol–water partition coefficient (Wildman–Crippen LogP) is 2.54. The first-order chi connectivity index (χ1) is 9.20. The van der Waals surface area contributed by atoms with Crippen LogP contribution in [0, 0.1) is 0 Å². The van der Waals surface area contributed by atoms with Crippen LogP contribution in [0.3, 0.4) is 0 Å². The molecule has 102 valence electrons. The molecular weight excluding hydrogens is 238 g/mol. The van der Waals surface area contributed by atoms with Gasteiger partial charge in [-0.05, 0) is 43.9 Å². The van der Waals surface area contributed by atoms with E-state index in [1.165, 1.54) is 24.8 Å². The van der Waals surface area contributed by atoms with Gasteiger partial charge in [0.05, 0.1) is 11.4 Å². The molecule has 0 aromatic heterocycles. The number of benzene rings is 1. The van der Waals surface area contributed by atoms with Crippen molar-refractivity contribution in [1.29, 1.82) is 0 Å². The van der Waals surface area contributed by atoms with Gasteiger partial charge < -0.3 is 16.4 Å². The number of amides is 1. The summed E-state index contributed by atoms with van der Waals surface area (Å²) in [5.41, 5.74) is 9.57. The summed E-state index contributed by atoms with van der Waals surface area (Å²) in [7, 11) is 1.62. The summed E-state index contributed by atoms with van der Waals surface area (Å²) >= 11 is 0. The van der Waals surface area contributed by atoms with Gasteiger partial charge in [0.15, 0.2) is 0 Å². The van der Waals surface area contributed by atoms with E-state index in [0.717, 1.165) is 18.7 Å². The zero-order valence-electron chi connectivity index (χ0n) is 11.3. The highest BCUT2D eigenvalue weighted by atomic mass is 16.1. The number of carbonyl (C=O) groups is 1. The SMILES string of the molecule is CNC(=O)c1ccc(N)c(NCCC2=CCCC2)c1. The summed E-state index contributed by atoms with van der Waals surface area (Å²) in [6.45, 7) is 0.854. The topological polar surface area (TPSA) is 67.2 Å². The maximum Gasteiger partial charge on any atom is 0.251 e. The second-order valence-corrected chi connectivity index (χ2v) is 4.81. The third-order valence-corrected chi connectivity index (χ3v) is 3.44. The van der Waals surface area contributed by atoms with Crippen molar-refractivity contribution in [3.8, 4) is 0 Å². The fraction of sp³-hybridized carbons (Fsp3) is 0.400. The monoisotopic (exact) mass is 259 g/mol. The van der Waals surface area contributed by atoms with Crippen molar-refractivity contribution in [2.75, 3.05) is 24.6 Å². The molecule has 0 saturated carbocycles. The molecule has 4 heteroatoms. The number of nitrogens with two attached hydrogens (primary N) is 1. The van der Waals surface area contributed by atoms with Crippen LogP contribution in [0.5, 0.6) is 0 Å². The van der Waals surface area contributed by atoms with E-state index in [-0.39, 0.29) is 5.91 Å². The Balaban J connectivity index is 1.96. The molecule has 1 aliphatic carbocycles. The van der Waals surface area contributed by atoms with Gasteiger partial charge in [0, 0.05) is 19.2 Å². The second kappa shape index (κ2) is 6.27. The smallest absolute Gasteiger partial charge is 0.251 e. The fourth-order valence-electron chi connectivity index (χ4n) is 2.32. The molecule has 0 radical (unpaired) electrons. The van der Waals surface area contributed by atoms with Gasteiger partial charge in [-0.1, -0.05) is 11.6 Å². The van der Waals surface area contributed by atoms with E-state index in [2.05, 4.69) is 16.7 Å². The summed E-state index contributed by atoms with van der Waals surface area (Å²) in [4.78, 5) is 11.6. The molecule has 0 aliphatic heterocycles. The lowest BCUT2D eigenvalue weighted by Gasteiger charge is -2.11. The summed E-state index contributed by atoms with van der Waals surface area (Å²) in [5.74, 6) is -0.0958. The Kier molecular flexibility index (Phi) is 4.44. The molecule has 4 nitrogen and oxygen atoms in total. The minimum atomic E-state index is -0.0958. The molecule has 0 bridgehead atoms. The van der Waals surface area contributed by atoms with Gasteiger partial charge >= 0.3 is 0 Å². The maximum absolute atomic E-state index is 11.6. The second-order valence-electron chi connectivity index (χ2n) is 4.81. The molecule has 0 saturated heterocycles. The van der Waals surface area contributed by atoms with E-state index in [1.54, 1.807) is 25.2 Å². The molecule has 0 unspecified atom stereocenters. The number of hydrogen-bond donors (Lipinski definition) is 3. The van der Waals surface area contributed by atoms with Crippen LogP contribution in [-0.4, -0.2) is 19.5 Å². The first-order valence-electron chi connectivity index (χ1n) is 6.74. The van der Waals surface area contributed by atoms with Crippen molar-refractivity contribution < 1.29 is 4.79 Å². The van der Waals surface area contributed by atoms with Gasteiger partial charge in [0.2, 0.25) is 0 Å². The molecule has 0 spiro atoms. The Morgan fingerprint density at radius 1 is 1.42 bits per heavy atom. The van der Waals surface area contributed by atoms with Crippen LogP contribution in [0.4, 0.5) is 11.4 Å². The third kappa shape index (κ3) is 3.50. The van der Waals surface area contributed by atoms with Gasteiger partial charge in [-0.2, -0.15) is 0 Å². The van der Waals surface area contributed by atoms with Gasteiger partial charge in [0.25, 0.3) is 5.91 Å². The van der Waals surface area contributed by atoms with Crippen LogP contribution >= 0.6 is 0 Å². The van der Waals surface area contributed by atoms with Crippen molar-refractivity contribution in [2.45, 2.75) is 25.7 Å². The van der Waals surface area contributed by atoms with E-state index in [1.807, 2.05) is 0 Å². The lowest BCUT2D eigenvalue weighted by Crippen LogP contribution is -2.18. The summed E-state index contributed by atoms with van der Waals surface area (Å²) in [6.07, 6.45) is 7.08. The predicted molar refractivity (Wildman–Crippen MR) is 79.3 cm³/mol. The van der Waals surface area contributed by atoms with Crippen molar-refractivity contribution >= 4 is 17.3 Å². The maximum atomic E-state index is 11.6. The number of anilines is 2. The summed E-state index contributed by atoms with van der Waals surface area (Å²) < 4.78 is 0. The molecule has 0 atom stereocenters. The molecule has 2 rings (SSSR count). The first kappa shape index (κ1) is 13.5. The van der Waals surface area contributed by atoms with Crippen molar-refractivity contribution in [3.63, 3.8) is 0 Å². The molecule has 1 aliphatic rings. The van der Waals surface area contributed by atoms with Gasteiger partial charge in [0.1, 0.15) is 0 Å². The zero-order chi connectivity index (χ0) is 13.7. The minimum absolute atomic E-state index is 0.0958. The Morgan fingerprint density at radius 3 is 2.95 bits per heavy atom. The van der Waals surface area contributed by atoms with Crippen LogP contribution in [0.1, 0.15) is 36.0 Å². The largest absolute Gasteiger partial charge is 0.397 e. The zero-order valence-corrected chi connectivity index (χ0v) is 11.3. The van der Waals surface area contributed by atoms with E-state index in [9.17, 15) is 4.79 Å². The van der Waals surface area contributed by atoms with Crippen molar-refractivity contribution in [2.24, 2.45) is 0 Å². The Bertz CT molecular complexity index is 494. The van der Waals surface area contributed by atoms with Crippen LogP contribution in [0.15, 0.2) is 29.8 Å². The average Bonchev–Trinajstić information content (AvgIpc) is 2.93. The molecule has 0 fully saturated rings. The fourth-order valence-corrected chi connectivity index (χ4v) is 2.32. The highest BCUT2D eigenvalue weighted by Crippen LogP contribution is 2.23. The number of hydrogen-bond acceptors (Lipinski definition) is 3. The number of rotatable bonds is 5. The van der Waals surface area contributed by atoms with Crippen molar-refractivity contribution in [3.05, 3.63) is 35.4 Å². The summed E-state index contributed by atoms with van der Waals surface area (Å²) in [5, 5.41) is 5.93. The average molecular weight is 259 g/mol. The third-order valence-electron chi connectivity index (χ3n) is 3.44. The molecule has 19 heavy (non-hydrogen) atoms. The van der Waals surface area contributed by atoms with E-state index < -0.39 is 0 Å². The minimum Gasteiger partial charge on any atom is -0.397 e.